The summed E-state index contributed by atoms with van der Waals surface area (Å²) in [7, 11) is 1.81. The average molecular weight is 415 g/mol. The first-order chi connectivity index (χ1) is 9.83. The zero-order chi connectivity index (χ0) is 14.2. The number of guanidine groups is 1. The number of nitrogens with zero attached hydrogens (tertiary/aromatic N) is 2. The average Bonchev–Trinajstić information content (AvgIpc) is 2.96. The van der Waals surface area contributed by atoms with Gasteiger partial charge in [0.2, 0.25) is 0 Å². The molecule has 0 radical (unpaired) electrons. The molecule has 1 heterocycles. The predicted molar refractivity (Wildman–Crippen MR) is 102 cm³/mol. The summed E-state index contributed by atoms with van der Waals surface area (Å²) in [5, 5.41) is 3.19. The first-order valence-electron chi connectivity index (χ1n) is 6.90. The first-order valence-corrected chi connectivity index (χ1v) is 7.89. The van der Waals surface area contributed by atoms with Crippen molar-refractivity contribution in [1.82, 2.24) is 10.2 Å². The Balaban J connectivity index is 0.00000220. The number of thioether (sulfide) groups is 1. The van der Waals surface area contributed by atoms with Crippen molar-refractivity contribution < 1.29 is 0 Å². The van der Waals surface area contributed by atoms with Gasteiger partial charge in [-0.25, -0.2) is 0 Å². The largest absolute Gasteiger partial charge is 0.345 e. The molecule has 0 aromatic heterocycles. The molecule has 1 aromatic carbocycles. The molecule has 1 aliphatic rings. The van der Waals surface area contributed by atoms with E-state index in [9.17, 15) is 0 Å². The highest BCUT2D eigenvalue weighted by molar-refractivity contribution is 14.0. The lowest BCUT2D eigenvalue weighted by Gasteiger charge is -2.20. The highest BCUT2D eigenvalue weighted by Gasteiger charge is 2.24. The standard InChI is InChI=1S/C16H21N3S.HI/c1-3-10-18-16(17-2)19-11-9-14(12-19)13-20-15-7-5-4-6-8-15;/h1,4-8,14H,9-13H2,2H3,(H,17,18);1H. The highest BCUT2D eigenvalue weighted by atomic mass is 127. The molecule has 1 saturated heterocycles. The van der Waals surface area contributed by atoms with Crippen LogP contribution in [0.3, 0.4) is 0 Å². The van der Waals surface area contributed by atoms with E-state index >= 15 is 0 Å². The molecule has 114 valence electrons. The maximum atomic E-state index is 5.28. The van der Waals surface area contributed by atoms with Crippen LogP contribution >= 0.6 is 35.7 Å². The molecule has 3 nitrogen and oxygen atoms in total. The van der Waals surface area contributed by atoms with Crippen molar-refractivity contribution in [3.05, 3.63) is 30.3 Å². The van der Waals surface area contributed by atoms with Crippen molar-refractivity contribution in [2.45, 2.75) is 11.3 Å². The van der Waals surface area contributed by atoms with Crippen molar-refractivity contribution in [3.63, 3.8) is 0 Å². The third-order valence-electron chi connectivity index (χ3n) is 3.37. The summed E-state index contributed by atoms with van der Waals surface area (Å²) in [5.74, 6) is 5.39. The van der Waals surface area contributed by atoms with Gasteiger partial charge >= 0.3 is 0 Å². The molecule has 0 saturated carbocycles. The highest BCUT2D eigenvalue weighted by Crippen LogP contribution is 2.25. The second-order valence-electron chi connectivity index (χ2n) is 4.83. The van der Waals surface area contributed by atoms with Crippen LogP contribution in [-0.4, -0.2) is 43.3 Å². The van der Waals surface area contributed by atoms with E-state index in [-0.39, 0.29) is 24.0 Å². The normalized spacial score (nSPS) is 18.0. The molecule has 0 aliphatic carbocycles. The second-order valence-corrected chi connectivity index (χ2v) is 5.92. The van der Waals surface area contributed by atoms with Crippen LogP contribution in [0.2, 0.25) is 0 Å². The molecular formula is C16H22IN3S. The van der Waals surface area contributed by atoms with Crippen LogP contribution in [0.5, 0.6) is 0 Å². The van der Waals surface area contributed by atoms with E-state index in [0.717, 1.165) is 24.8 Å². The van der Waals surface area contributed by atoms with E-state index in [1.807, 2.05) is 18.8 Å². The number of terminal acetylenes is 1. The molecular weight excluding hydrogens is 393 g/mol. The van der Waals surface area contributed by atoms with Crippen molar-refractivity contribution in [2.24, 2.45) is 10.9 Å². The Morgan fingerprint density at radius 3 is 2.90 bits per heavy atom. The molecule has 5 heteroatoms. The van der Waals surface area contributed by atoms with Gasteiger partial charge in [-0.1, -0.05) is 24.1 Å². The molecule has 1 aromatic rings. The van der Waals surface area contributed by atoms with Crippen LogP contribution in [0.1, 0.15) is 6.42 Å². The number of likely N-dealkylation sites (tertiary alicyclic amines) is 1. The number of hydrogen-bond acceptors (Lipinski definition) is 2. The number of rotatable bonds is 4. The maximum Gasteiger partial charge on any atom is 0.194 e. The van der Waals surface area contributed by atoms with Gasteiger partial charge < -0.3 is 10.2 Å². The van der Waals surface area contributed by atoms with Crippen molar-refractivity contribution in [3.8, 4) is 12.3 Å². The third kappa shape index (κ3) is 5.79. The summed E-state index contributed by atoms with van der Waals surface area (Å²) < 4.78 is 0. The summed E-state index contributed by atoms with van der Waals surface area (Å²) in [5.41, 5.74) is 0. The van der Waals surface area contributed by atoms with Crippen molar-refractivity contribution >= 4 is 41.7 Å². The monoisotopic (exact) mass is 415 g/mol. The molecule has 21 heavy (non-hydrogen) atoms. The van der Waals surface area contributed by atoms with E-state index in [4.69, 9.17) is 6.42 Å². The molecule has 1 N–H and O–H groups in total. The zero-order valence-corrected chi connectivity index (χ0v) is 15.4. The molecule has 1 aliphatic heterocycles. The molecule has 0 spiro atoms. The minimum Gasteiger partial charge on any atom is -0.345 e. The Morgan fingerprint density at radius 1 is 1.48 bits per heavy atom. The summed E-state index contributed by atoms with van der Waals surface area (Å²) in [6.07, 6.45) is 6.50. The van der Waals surface area contributed by atoms with Gasteiger partial charge in [0.25, 0.3) is 0 Å². The number of benzene rings is 1. The van der Waals surface area contributed by atoms with Crippen molar-refractivity contribution in [1.29, 1.82) is 0 Å². The lowest BCUT2D eigenvalue weighted by molar-refractivity contribution is 0.478. The van der Waals surface area contributed by atoms with E-state index in [2.05, 4.69) is 51.5 Å². The quantitative estimate of drug-likeness (QED) is 0.270. The second kappa shape index (κ2) is 9.96. The number of aliphatic imine (C=N–C) groups is 1. The first kappa shape index (κ1) is 18.2. The van der Waals surface area contributed by atoms with E-state index < -0.39 is 0 Å². The third-order valence-corrected chi connectivity index (χ3v) is 4.62. The van der Waals surface area contributed by atoms with Gasteiger partial charge in [-0.15, -0.1) is 42.2 Å². The number of hydrogen-bond donors (Lipinski definition) is 1. The van der Waals surface area contributed by atoms with Gasteiger partial charge in [-0.05, 0) is 24.5 Å². The lowest BCUT2D eigenvalue weighted by atomic mass is 10.2. The Hall–Kier alpha value is -0.870. The van der Waals surface area contributed by atoms with E-state index in [1.54, 1.807) is 0 Å². The van der Waals surface area contributed by atoms with Crippen molar-refractivity contribution in [2.75, 3.05) is 32.4 Å². The van der Waals surface area contributed by atoms with Crippen LogP contribution in [0.25, 0.3) is 0 Å². The summed E-state index contributed by atoms with van der Waals surface area (Å²) in [6, 6.07) is 10.6. The van der Waals surface area contributed by atoms with Gasteiger partial charge in [-0.3, -0.25) is 4.99 Å². The number of nitrogens with one attached hydrogen (secondary N) is 1. The molecule has 2 rings (SSSR count). The number of halogens is 1. The van der Waals surface area contributed by atoms with Gasteiger partial charge in [0.05, 0.1) is 6.54 Å². The smallest absolute Gasteiger partial charge is 0.194 e. The van der Waals surface area contributed by atoms with Crippen LogP contribution in [0.15, 0.2) is 40.2 Å². The Bertz CT molecular complexity index is 484. The summed E-state index contributed by atoms with van der Waals surface area (Å²) in [4.78, 5) is 7.94. The minimum atomic E-state index is 0. The van der Waals surface area contributed by atoms with Crippen LogP contribution in [0, 0.1) is 18.3 Å². The predicted octanol–water partition coefficient (Wildman–Crippen LogP) is 2.93. The molecule has 1 atom stereocenters. The SMILES string of the molecule is C#CCNC(=NC)N1CCC(CSc2ccccc2)C1.I. The summed E-state index contributed by atoms with van der Waals surface area (Å²) >= 11 is 1.94. The fraction of sp³-hybridized carbons (Fsp3) is 0.438. The van der Waals surface area contributed by atoms with Gasteiger partial charge in [-0.2, -0.15) is 0 Å². The van der Waals surface area contributed by atoms with E-state index in [0.29, 0.717) is 12.5 Å². The molecule has 0 bridgehead atoms. The minimum absolute atomic E-state index is 0. The van der Waals surface area contributed by atoms with Gasteiger partial charge in [0.15, 0.2) is 5.96 Å². The zero-order valence-electron chi connectivity index (χ0n) is 12.3. The van der Waals surface area contributed by atoms with Crippen LogP contribution in [-0.2, 0) is 0 Å². The molecule has 1 unspecified atom stereocenters. The Labute approximate surface area is 149 Å². The van der Waals surface area contributed by atoms with Gasteiger partial charge in [0, 0.05) is 30.8 Å². The Morgan fingerprint density at radius 2 is 2.24 bits per heavy atom. The summed E-state index contributed by atoms with van der Waals surface area (Å²) in [6.45, 7) is 2.65. The molecule has 0 amide bonds. The topological polar surface area (TPSA) is 27.6 Å². The fourth-order valence-electron chi connectivity index (χ4n) is 2.35. The lowest BCUT2D eigenvalue weighted by Crippen LogP contribution is -2.40. The Kier molecular flexibility index (Phi) is 8.62. The van der Waals surface area contributed by atoms with Gasteiger partial charge in [0.1, 0.15) is 0 Å². The fourth-order valence-corrected chi connectivity index (χ4v) is 3.40. The molecule has 1 fully saturated rings. The van der Waals surface area contributed by atoms with Crippen LogP contribution in [0.4, 0.5) is 0 Å². The van der Waals surface area contributed by atoms with E-state index in [1.165, 1.54) is 11.3 Å². The van der Waals surface area contributed by atoms with Crippen LogP contribution < -0.4 is 5.32 Å². The maximum absolute atomic E-state index is 5.28.